The molecule has 0 amide bonds. The van der Waals surface area contributed by atoms with Gasteiger partial charge in [-0.1, -0.05) is 35.5 Å². The van der Waals surface area contributed by atoms with Crippen molar-refractivity contribution in [1.82, 2.24) is 15.5 Å². The lowest BCUT2D eigenvalue weighted by atomic mass is 10.0. The van der Waals surface area contributed by atoms with Crippen molar-refractivity contribution in [3.8, 4) is 0 Å². The van der Waals surface area contributed by atoms with Gasteiger partial charge in [0.05, 0.1) is 6.54 Å². The summed E-state index contributed by atoms with van der Waals surface area (Å²) < 4.78 is 5.37. The first-order chi connectivity index (χ1) is 10.4. The van der Waals surface area contributed by atoms with Crippen LogP contribution in [0.2, 0.25) is 0 Å². The van der Waals surface area contributed by atoms with E-state index in [0.29, 0.717) is 18.4 Å². The molecule has 112 valence electrons. The minimum Gasteiger partial charge on any atom is -0.338 e. The van der Waals surface area contributed by atoms with Crippen LogP contribution in [0.3, 0.4) is 0 Å². The highest BCUT2D eigenvalue weighted by atomic mass is 32.2. The number of thioether (sulfide) groups is 1. The molecule has 1 saturated heterocycles. The third-order valence-electron chi connectivity index (χ3n) is 3.75. The molecule has 0 bridgehead atoms. The highest BCUT2D eigenvalue weighted by molar-refractivity contribution is 7.99. The van der Waals surface area contributed by atoms with E-state index in [1.54, 1.807) is 0 Å². The molecular formula is C16H21N3OS. The summed E-state index contributed by atoms with van der Waals surface area (Å²) in [5.74, 6) is 4.54. The average molecular weight is 303 g/mol. The summed E-state index contributed by atoms with van der Waals surface area (Å²) in [5.41, 5.74) is 1.26. The Morgan fingerprint density at radius 3 is 2.95 bits per heavy atom. The molecule has 1 fully saturated rings. The maximum Gasteiger partial charge on any atom is 0.240 e. The van der Waals surface area contributed by atoms with Crippen LogP contribution < -0.4 is 5.32 Å². The molecule has 0 radical (unpaired) electrons. The van der Waals surface area contributed by atoms with E-state index in [-0.39, 0.29) is 0 Å². The van der Waals surface area contributed by atoms with E-state index in [2.05, 4.69) is 27.6 Å². The molecule has 1 aliphatic heterocycles. The van der Waals surface area contributed by atoms with Crippen LogP contribution in [-0.2, 0) is 13.1 Å². The number of hydrogen-bond acceptors (Lipinski definition) is 5. The molecule has 0 saturated carbocycles. The van der Waals surface area contributed by atoms with Crippen molar-refractivity contribution in [3.05, 3.63) is 47.6 Å². The molecule has 21 heavy (non-hydrogen) atoms. The van der Waals surface area contributed by atoms with E-state index in [0.717, 1.165) is 12.4 Å². The monoisotopic (exact) mass is 303 g/mol. The Balaban J connectivity index is 1.50. The zero-order valence-electron chi connectivity index (χ0n) is 12.1. The standard InChI is InChI=1S/C16H21N3OS/c1-2-5-13(6-3-1)11-17-12-15-18-16(19-20-15)14-7-4-9-21-10-8-14/h1-3,5-6,14,17H,4,7-12H2/t14-/m0/s1. The molecule has 1 aliphatic rings. The first-order valence-corrected chi connectivity index (χ1v) is 8.72. The normalized spacial score (nSPS) is 19.3. The number of hydrogen-bond donors (Lipinski definition) is 1. The summed E-state index contributed by atoms with van der Waals surface area (Å²) in [4.78, 5) is 4.56. The molecule has 3 rings (SSSR count). The van der Waals surface area contributed by atoms with Gasteiger partial charge in [0.15, 0.2) is 5.82 Å². The highest BCUT2D eigenvalue weighted by Gasteiger charge is 2.19. The van der Waals surface area contributed by atoms with E-state index >= 15 is 0 Å². The molecule has 4 nitrogen and oxygen atoms in total. The van der Waals surface area contributed by atoms with Gasteiger partial charge in [-0.15, -0.1) is 0 Å². The van der Waals surface area contributed by atoms with Gasteiger partial charge in [-0.25, -0.2) is 0 Å². The average Bonchev–Trinajstić information content (AvgIpc) is 2.82. The summed E-state index contributed by atoms with van der Waals surface area (Å²) in [6, 6.07) is 10.3. The summed E-state index contributed by atoms with van der Waals surface area (Å²) in [5, 5.41) is 7.52. The first-order valence-electron chi connectivity index (χ1n) is 7.56. The molecular weight excluding hydrogens is 282 g/mol. The second-order valence-electron chi connectivity index (χ2n) is 5.38. The summed E-state index contributed by atoms with van der Waals surface area (Å²) in [7, 11) is 0. The van der Waals surface area contributed by atoms with E-state index in [9.17, 15) is 0 Å². The molecule has 5 heteroatoms. The van der Waals surface area contributed by atoms with Gasteiger partial charge in [-0.2, -0.15) is 16.7 Å². The molecule has 2 heterocycles. The lowest BCUT2D eigenvalue weighted by molar-refractivity contribution is 0.358. The zero-order valence-corrected chi connectivity index (χ0v) is 12.9. The number of aromatic nitrogens is 2. The Labute approximate surface area is 129 Å². The van der Waals surface area contributed by atoms with Crippen molar-refractivity contribution in [2.45, 2.75) is 38.3 Å². The number of benzene rings is 1. The van der Waals surface area contributed by atoms with Crippen LogP contribution in [0, 0.1) is 0 Å². The molecule has 1 aromatic carbocycles. The quantitative estimate of drug-likeness (QED) is 0.918. The lowest BCUT2D eigenvalue weighted by Crippen LogP contribution is -2.13. The topological polar surface area (TPSA) is 51.0 Å². The SMILES string of the molecule is c1ccc(CNCc2nc([C@H]3CCCSCC3)no2)cc1. The maximum atomic E-state index is 5.37. The van der Waals surface area contributed by atoms with Crippen LogP contribution >= 0.6 is 11.8 Å². The molecule has 0 aliphatic carbocycles. The second-order valence-corrected chi connectivity index (χ2v) is 6.60. The number of nitrogens with one attached hydrogen (secondary N) is 1. The van der Waals surface area contributed by atoms with Crippen LogP contribution in [0.5, 0.6) is 0 Å². The Morgan fingerprint density at radius 1 is 1.14 bits per heavy atom. The fourth-order valence-electron chi connectivity index (χ4n) is 2.58. The smallest absolute Gasteiger partial charge is 0.240 e. The minimum atomic E-state index is 0.478. The highest BCUT2D eigenvalue weighted by Crippen LogP contribution is 2.28. The van der Waals surface area contributed by atoms with E-state index < -0.39 is 0 Å². The molecule has 1 atom stereocenters. The molecule has 2 aromatic rings. The van der Waals surface area contributed by atoms with Crippen molar-refractivity contribution in [3.63, 3.8) is 0 Å². The minimum absolute atomic E-state index is 0.478. The van der Waals surface area contributed by atoms with Crippen LogP contribution in [-0.4, -0.2) is 21.6 Å². The third kappa shape index (κ3) is 4.32. The van der Waals surface area contributed by atoms with Crippen molar-refractivity contribution in [2.75, 3.05) is 11.5 Å². The summed E-state index contributed by atoms with van der Waals surface area (Å²) >= 11 is 2.03. The van der Waals surface area contributed by atoms with Crippen molar-refractivity contribution in [1.29, 1.82) is 0 Å². The Morgan fingerprint density at radius 2 is 2.05 bits per heavy atom. The van der Waals surface area contributed by atoms with Gasteiger partial charge in [-0.05, 0) is 36.3 Å². The zero-order chi connectivity index (χ0) is 14.3. The predicted molar refractivity (Wildman–Crippen MR) is 85.2 cm³/mol. The van der Waals surface area contributed by atoms with Gasteiger partial charge in [0.1, 0.15) is 0 Å². The Kier molecular flexibility index (Phi) is 5.29. The van der Waals surface area contributed by atoms with E-state index in [4.69, 9.17) is 4.52 Å². The van der Waals surface area contributed by atoms with Crippen molar-refractivity contribution >= 4 is 11.8 Å². The van der Waals surface area contributed by atoms with Gasteiger partial charge < -0.3 is 9.84 Å². The van der Waals surface area contributed by atoms with Gasteiger partial charge in [0.25, 0.3) is 0 Å². The number of rotatable bonds is 5. The molecule has 0 unspecified atom stereocenters. The number of nitrogens with zero attached hydrogens (tertiary/aromatic N) is 2. The fourth-order valence-corrected chi connectivity index (χ4v) is 3.60. The lowest BCUT2D eigenvalue weighted by Gasteiger charge is -2.06. The molecule has 0 spiro atoms. The van der Waals surface area contributed by atoms with Gasteiger partial charge in [0, 0.05) is 12.5 Å². The van der Waals surface area contributed by atoms with Crippen molar-refractivity contribution < 1.29 is 4.52 Å². The Bertz CT molecular complexity index is 535. The fraction of sp³-hybridized carbons (Fsp3) is 0.500. The van der Waals surface area contributed by atoms with Crippen LogP contribution in [0.15, 0.2) is 34.9 Å². The third-order valence-corrected chi connectivity index (χ3v) is 4.85. The Hall–Kier alpha value is -1.33. The first kappa shape index (κ1) is 14.6. The largest absolute Gasteiger partial charge is 0.338 e. The molecule has 1 aromatic heterocycles. The van der Waals surface area contributed by atoms with Crippen LogP contribution in [0.1, 0.15) is 42.5 Å². The van der Waals surface area contributed by atoms with Crippen LogP contribution in [0.25, 0.3) is 0 Å². The maximum absolute atomic E-state index is 5.37. The van der Waals surface area contributed by atoms with Gasteiger partial charge in [-0.3, -0.25) is 0 Å². The second kappa shape index (κ2) is 7.61. The predicted octanol–water partition coefficient (Wildman–Crippen LogP) is 3.36. The van der Waals surface area contributed by atoms with Crippen LogP contribution in [0.4, 0.5) is 0 Å². The summed E-state index contributed by atoms with van der Waals surface area (Å²) in [6.07, 6.45) is 3.61. The van der Waals surface area contributed by atoms with Gasteiger partial charge >= 0.3 is 0 Å². The van der Waals surface area contributed by atoms with Gasteiger partial charge in [0.2, 0.25) is 5.89 Å². The van der Waals surface area contributed by atoms with E-state index in [1.165, 1.54) is 36.3 Å². The summed E-state index contributed by atoms with van der Waals surface area (Å²) in [6.45, 7) is 1.45. The van der Waals surface area contributed by atoms with E-state index in [1.807, 2.05) is 30.0 Å². The van der Waals surface area contributed by atoms with Crippen molar-refractivity contribution in [2.24, 2.45) is 0 Å². The molecule has 1 N–H and O–H groups in total.